The molecule has 1 aliphatic carbocycles. The first-order chi connectivity index (χ1) is 22.9. The van der Waals surface area contributed by atoms with E-state index in [-0.39, 0.29) is 30.2 Å². The minimum atomic E-state index is -0.419. The van der Waals surface area contributed by atoms with Crippen molar-refractivity contribution in [1.29, 1.82) is 5.41 Å². The Kier molecular flexibility index (Phi) is 13.1. The Morgan fingerprint density at radius 1 is 1.15 bits per heavy atom. The molecule has 5 rings (SSSR count). The molecule has 258 valence electrons. The molecule has 2 heterocycles. The Balaban J connectivity index is 0.000000291. The highest BCUT2D eigenvalue weighted by atomic mass is 35.5. The van der Waals surface area contributed by atoms with Crippen molar-refractivity contribution < 1.29 is 14.4 Å². The summed E-state index contributed by atoms with van der Waals surface area (Å²) in [6.45, 7) is 9.02. The second kappa shape index (κ2) is 17.0. The highest BCUT2D eigenvalue weighted by Crippen LogP contribution is 2.45. The van der Waals surface area contributed by atoms with E-state index >= 15 is 0 Å². The number of nitrogens with zero attached hydrogens (tertiary/aromatic N) is 3. The number of urea groups is 1. The third-order valence-electron chi connectivity index (χ3n) is 8.79. The molecule has 0 bridgehead atoms. The summed E-state index contributed by atoms with van der Waals surface area (Å²) in [4.78, 5) is 47.2. The summed E-state index contributed by atoms with van der Waals surface area (Å²) in [5, 5.41) is 14.0. The molecule has 4 amide bonds. The van der Waals surface area contributed by atoms with Crippen molar-refractivity contribution in [3.63, 3.8) is 0 Å². The molecule has 11 nitrogen and oxygen atoms in total. The molecule has 6 N–H and O–H groups in total. The maximum atomic E-state index is 13.7. The van der Waals surface area contributed by atoms with Gasteiger partial charge in [0.1, 0.15) is 0 Å². The number of nitrogens with two attached hydrogens (primary N) is 1. The molecule has 3 aromatic rings. The summed E-state index contributed by atoms with van der Waals surface area (Å²) in [6.07, 6.45) is 6.56. The largest absolute Gasteiger partial charge is 0.370 e. The average molecular weight is 698 g/mol. The predicted octanol–water partition coefficient (Wildman–Crippen LogP) is 4.74. The summed E-state index contributed by atoms with van der Waals surface area (Å²) in [6, 6.07) is 11.5. The van der Waals surface area contributed by atoms with Crippen LogP contribution in [-0.2, 0) is 22.4 Å². The van der Waals surface area contributed by atoms with Gasteiger partial charge in [0.15, 0.2) is 5.96 Å². The lowest BCUT2D eigenvalue weighted by molar-refractivity contribution is -0.135. The van der Waals surface area contributed by atoms with Crippen LogP contribution in [0.2, 0.25) is 10.0 Å². The first kappa shape index (κ1) is 36.9. The van der Waals surface area contributed by atoms with E-state index in [1.165, 1.54) is 21.4 Å². The van der Waals surface area contributed by atoms with E-state index in [0.29, 0.717) is 41.3 Å². The van der Waals surface area contributed by atoms with Crippen molar-refractivity contribution in [2.45, 2.75) is 44.6 Å². The second-order valence-electron chi connectivity index (χ2n) is 12.5. The fraction of sp³-hybridized carbons (Fsp3) is 0.429. The van der Waals surface area contributed by atoms with Gasteiger partial charge in [-0.05, 0) is 81.7 Å². The number of piperidine rings is 1. The van der Waals surface area contributed by atoms with Crippen LogP contribution in [0.1, 0.15) is 42.4 Å². The minimum absolute atomic E-state index is 0.00190. The molecule has 3 atom stereocenters. The van der Waals surface area contributed by atoms with E-state index in [1.54, 1.807) is 18.2 Å². The number of H-pyrrole nitrogens is 1. The molecule has 1 saturated heterocycles. The summed E-state index contributed by atoms with van der Waals surface area (Å²) in [5.74, 6) is -0.832. The number of carbonyl (C=O) groups excluding carboxylic acids is 3. The SMILES string of the molecule is C=CCN1C[C@H](C(=O)N(CCCN(C)C)C(=O)NCC)C[C@@H]2c3cccc4[nH]cc(c34)C[C@H]21.N=C(N)NC(=O)Cc1c(Cl)cccc1Cl. The van der Waals surface area contributed by atoms with Crippen molar-refractivity contribution >= 4 is 57.9 Å². The number of rotatable bonds is 10. The Hall–Kier alpha value is -3.90. The molecular formula is C35H46Cl2N8O3. The number of likely N-dealkylation sites (tertiary alicyclic amines) is 1. The quantitative estimate of drug-likeness (QED) is 0.117. The zero-order valence-corrected chi connectivity index (χ0v) is 29.3. The molecule has 1 aliphatic heterocycles. The highest BCUT2D eigenvalue weighted by molar-refractivity contribution is 6.36. The van der Waals surface area contributed by atoms with E-state index < -0.39 is 11.9 Å². The minimum Gasteiger partial charge on any atom is -0.370 e. The van der Waals surface area contributed by atoms with Crippen molar-refractivity contribution in [3.8, 4) is 0 Å². The molecule has 1 aromatic heterocycles. The van der Waals surface area contributed by atoms with Gasteiger partial charge in [0.25, 0.3) is 0 Å². The van der Waals surface area contributed by atoms with Gasteiger partial charge in [0.2, 0.25) is 11.8 Å². The first-order valence-electron chi connectivity index (χ1n) is 16.2. The summed E-state index contributed by atoms with van der Waals surface area (Å²) < 4.78 is 0. The zero-order chi connectivity index (χ0) is 35.0. The van der Waals surface area contributed by atoms with E-state index in [9.17, 15) is 14.4 Å². The van der Waals surface area contributed by atoms with Gasteiger partial charge in [-0.15, -0.1) is 6.58 Å². The molecular weight excluding hydrogens is 651 g/mol. The zero-order valence-electron chi connectivity index (χ0n) is 27.8. The normalized spacial score (nSPS) is 18.3. The fourth-order valence-electron chi connectivity index (χ4n) is 6.73. The molecule has 0 unspecified atom stereocenters. The van der Waals surface area contributed by atoms with Gasteiger partial charge in [-0.2, -0.15) is 0 Å². The third-order valence-corrected chi connectivity index (χ3v) is 9.50. The number of aromatic nitrogens is 1. The number of halogens is 2. The van der Waals surface area contributed by atoms with Crippen molar-refractivity contribution in [1.82, 2.24) is 30.3 Å². The molecule has 48 heavy (non-hydrogen) atoms. The van der Waals surface area contributed by atoms with Crippen LogP contribution in [0.4, 0.5) is 4.79 Å². The van der Waals surface area contributed by atoms with Gasteiger partial charge >= 0.3 is 6.03 Å². The Labute approximate surface area is 292 Å². The number of amides is 4. The number of nitrogens with one attached hydrogen (secondary N) is 4. The Morgan fingerprint density at radius 3 is 2.50 bits per heavy atom. The van der Waals surface area contributed by atoms with E-state index in [1.807, 2.05) is 27.1 Å². The van der Waals surface area contributed by atoms with Crippen molar-refractivity contribution in [2.75, 3.05) is 46.8 Å². The molecule has 13 heteroatoms. The van der Waals surface area contributed by atoms with Gasteiger partial charge in [0, 0.05) is 65.3 Å². The third kappa shape index (κ3) is 8.96. The lowest BCUT2D eigenvalue weighted by Crippen LogP contribution is -2.55. The average Bonchev–Trinajstić information content (AvgIpc) is 3.45. The smallest absolute Gasteiger partial charge is 0.324 e. The second-order valence-corrected chi connectivity index (χ2v) is 13.3. The van der Waals surface area contributed by atoms with E-state index in [2.05, 4.69) is 56.4 Å². The Bertz CT molecular complexity index is 1620. The monoisotopic (exact) mass is 696 g/mol. The van der Waals surface area contributed by atoms with Crippen LogP contribution in [0.15, 0.2) is 55.3 Å². The van der Waals surface area contributed by atoms with Gasteiger partial charge in [-0.3, -0.25) is 30.1 Å². The van der Waals surface area contributed by atoms with Crippen LogP contribution in [0.3, 0.4) is 0 Å². The topological polar surface area (TPSA) is 151 Å². The number of hydrogen-bond donors (Lipinski definition) is 5. The predicted molar refractivity (Wildman–Crippen MR) is 193 cm³/mol. The Morgan fingerprint density at radius 2 is 1.85 bits per heavy atom. The van der Waals surface area contributed by atoms with Crippen LogP contribution >= 0.6 is 23.2 Å². The number of benzene rings is 2. The van der Waals surface area contributed by atoms with Crippen molar-refractivity contribution in [3.05, 3.63) is 82.0 Å². The molecule has 0 radical (unpaired) electrons. The van der Waals surface area contributed by atoms with Crippen LogP contribution in [0.25, 0.3) is 10.9 Å². The van der Waals surface area contributed by atoms with Gasteiger partial charge in [0.05, 0.1) is 12.3 Å². The fourth-order valence-corrected chi connectivity index (χ4v) is 7.26. The number of guanidine groups is 1. The maximum Gasteiger partial charge on any atom is 0.324 e. The summed E-state index contributed by atoms with van der Waals surface area (Å²) >= 11 is 11.7. The van der Waals surface area contributed by atoms with Crippen LogP contribution in [0, 0.1) is 11.3 Å². The number of hydrogen-bond acceptors (Lipinski definition) is 6. The van der Waals surface area contributed by atoms with E-state index in [0.717, 1.165) is 37.9 Å². The number of carbonyl (C=O) groups is 3. The number of fused-ring (bicyclic) bond motifs is 2. The van der Waals surface area contributed by atoms with Crippen LogP contribution in [0.5, 0.6) is 0 Å². The summed E-state index contributed by atoms with van der Waals surface area (Å²) in [5.41, 5.74) is 9.38. The lowest BCUT2D eigenvalue weighted by atomic mass is 9.72. The summed E-state index contributed by atoms with van der Waals surface area (Å²) in [7, 11) is 4.01. The molecule has 0 spiro atoms. The van der Waals surface area contributed by atoms with Gasteiger partial charge < -0.3 is 20.9 Å². The van der Waals surface area contributed by atoms with Gasteiger partial charge in [-0.25, -0.2) is 4.79 Å². The van der Waals surface area contributed by atoms with E-state index in [4.69, 9.17) is 34.3 Å². The van der Waals surface area contributed by atoms with Crippen molar-refractivity contribution in [2.24, 2.45) is 11.7 Å². The molecule has 0 saturated carbocycles. The highest BCUT2D eigenvalue weighted by Gasteiger charge is 2.44. The first-order valence-corrected chi connectivity index (χ1v) is 16.9. The van der Waals surface area contributed by atoms with Crippen LogP contribution in [-0.4, -0.2) is 96.3 Å². The van der Waals surface area contributed by atoms with Crippen LogP contribution < -0.4 is 16.4 Å². The number of aromatic amines is 1. The van der Waals surface area contributed by atoms with Gasteiger partial charge in [-0.1, -0.05) is 47.5 Å². The molecule has 2 aromatic carbocycles. The molecule has 2 aliphatic rings. The standard InChI is InChI=1S/C26H37N5O2.C9H9Cl2N3O/c1-5-11-30-17-19(25(32)31(26(33)27-6-2)13-8-12-29(3)4)14-21-20-9-7-10-22-24(20)18(16-28-22)15-23(21)30;10-6-2-1-3-7(11)5(6)4-8(15)14-9(12)13/h5,7,9-10,16,19,21,23,28H,1,6,8,11-15,17H2,2-4H3,(H,27,33);1-3H,4H2,(H4,12,13,14,15)/t19-,21-,23-;/m1./s1. The maximum absolute atomic E-state index is 13.7. The number of imide groups is 1. The molecule has 1 fully saturated rings. The lowest BCUT2D eigenvalue weighted by Gasteiger charge is -2.47.